The van der Waals surface area contributed by atoms with Crippen molar-refractivity contribution < 1.29 is 13.2 Å². The summed E-state index contributed by atoms with van der Waals surface area (Å²) in [6.07, 6.45) is -3.55. The van der Waals surface area contributed by atoms with Gasteiger partial charge in [-0.2, -0.15) is 5.26 Å². The van der Waals surface area contributed by atoms with Crippen LogP contribution < -0.4 is 11.2 Å². The molecule has 28 heavy (non-hydrogen) atoms. The van der Waals surface area contributed by atoms with Gasteiger partial charge in [0.15, 0.2) is 0 Å². The lowest BCUT2D eigenvalue weighted by atomic mass is 9.98. The summed E-state index contributed by atoms with van der Waals surface area (Å²) < 4.78 is 40.3. The Kier molecular flexibility index (Phi) is 4.65. The molecule has 0 radical (unpaired) electrons. The van der Waals surface area contributed by atoms with Crippen LogP contribution >= 0.6 is 0 Å². The minimum Gasteiger partial charge on any atom is -0.268 e. The molecule has 0 N–H and O–H groups in total. The summed E-state index contributed by atoms with van der Waals surface area (Å²) in [6, 6.07) is 11.2. The van der Waals surface area contributed by atoms with E-state index >= 15 is 0 Å². The fourth-order valence-corrected chi connectivity index (χ4v) is 2.96. The van der Waals surface area contributed by atoms with E-state index in [9.17, 15) is 22.8 Å². The lowest BCUT2D eigenvalue weighted by molar-refractivity contribution is -0.208. The molecule has 0 saturated heterocycles. The standard InChI is InChI=1S/C19H13F3N4O2/c1-11-15(17(27)25(2)18(28)26(11)19(20,21)22)14-4-3-9-24-16(14)13-7-5-12(10-23)6-8-13/h3-9H,1-2H3. The van der Waals surface area contributed by atoms with Crippen LogP contribution in [0.1, 0.15) is 11.3 Å². The zero-order valence-corrected chi connectivity index (χ0v) is 14.8. The summed E-state index contributed by atoms with van der Waals surface area (Å²) in [5.74, 6) is 0. The first-order valence-electron chi connectivity index (χ1n) is 8.02. The monoisotopic (exact) mass is 386 g/mol. The molecule has 9 heteroatoms. The van der Waals surface area contributed by atoms with Crippen molar-refractivity contribution in [3.05, 3.63) is 74.7 Å². The van der Waals surface area contributed by atoms with E-state index in [1.807, 2.05) is 6.07 Å². The van der Waals surface area contributed by atoms with Gasteiger partial charge in [-0.25, -0.2) is 9.36 Å². The predicted octanol–water partition coefficient (Wildman–Crippen LogP) is 2.93. The van der Waals surface area contributed by atoms with Gasteiger partial charge in [0.2, 0.25) is 0 Å². The van der Waals surface area contributed by atoms with E-state index in [2.05, 4.69) is 4.98 Å². The van der Waals surface area contributed by atoms with Gasteiger partial charge in [-0.15, -0.1) is 13.2 Å². The number of hydrogen-bond acceptors (Lipinski definition) is 4. The summed E-state index contributed by atoms with van der Waals surface area (Å²) in [4.78, 5) is 28.9. The maximum absolute atomic E-state index is 13.4. The third-order valence-corrected chi connectivity index (χ3v) is 4.31. The number of hydrogen-bond donors (Lipinski definition) is 0. The normalized spacial score (nSPS) is 11.3. The molecule has 0 atom stereocenters. The second-order valence-electron chi connectivity index (χ2n) is 6.00. The van der Waals surface area contributed by atoms with E-state index in [1.54, 1.807) is 12.1 Å². The molecule has 3 aromatic rings. The maximum Gasteiger partial charge on any atom is 0.492 e. The van der Waals surface area contributed by atoms with E-state index < -0.39 is 23.2 Å². The highest BCUT2D eigenvalue weighted by molar-refractivity contribution is 5.81. The van der Waals surface area contributed by atoms with Crippen LogP contribution in [0.5, 0.6) is 0 Å². The highest BCUT2D eigenvalue weighted by Crippen LogP contribution is 2.32. The third-order valence-electron chi connectivity index (χ3n) is 4.31. The number of alkyl halides is 3. The molecule has 1 aromatic carbocycles. The number of nitriles is 1. The quantitative estimate of drug-likeness (QED) is 0.678. The summed E-state index contributed by atoms with van der Waals surface area (Å²) in [5.41, 5.74) is -1.79. The van der Waals surface area contributed by atoms with Crippen LogP contribution in [0.4, 0.5) is 13.2 Å². The second kappa shape index (κ2) is 6.81. The summed E-state index contributed by atoms with van der Waals surface area (Å²) in [6.45, 7) is 1.07. The number of benzene rings is 1. The molecule has 0 bridgehead atoms. The zero-order valence-electron chi connectivity index (χ0n) is 14.8. The van der Waals surface area contributed by atoms with Gasteiger partial charge in [0.1, 0.15) is 0 Å². The van der Waals surface area contributed by atoms with Crippen LogP contribution in [0.3, 0.4) is 0 Å². The lowest BCUT2D eigenvalue weighted by Gasteiger charge is -2.18. The highest BCUT2D eigenvalue weighted by Gasteiger charge is 2.36. The molecule has 0 aliphatic rings. The SMILES string of the molecule is Cc1c(-c2cccnc2-c2ccc(C#N)cc2)c(=O)n(C)c(=O)n1C(F)(F)F. The summed E-state index contributed by atoms with van der Waals surface area (Å²) >= 11 is 0. The van der Waals surface area contributed by atoms with Crippen LogP contribution in [-0.2, 0) is 13.3 Å². The van der Waals surface area contributed by atoms with E-state index in [0.717, 1.165) is 14.0 Å². The van der Waals surface area contributed by atoms with E-state index in [4.69, 9.17) is 5.26 Å². The van der Waals surface area contributed by atoms with Crippen LogP contribution in [0, 0.1) is 18.3 Å². The molecule has 0 amide bonds. The first-order valence-corrected chi connectivity index (χ1v) is 8.02. The predicted molar refractivity (Wildman–Crippen MR) is 95.4 cm³/mol. The Morgan fingerprint density at radius 3 is 2.32 bits per heavy atom. The van der Waals surface area contributed by atoms with E-state index in [-0.39, 0.29) is 21.4 Å². The van der Waals surface area contributed by atoms with Crippen molar-refractivity contribution >= 4 is 0 Å². The molecule has 0 spiro atoms. The van der Waals surface area contributed by atoms with Gasteiger partial charge in [0, 0.05) is 30.1 Å². The number of nitrogens with zero attached hydrogens (tertiary/aromatic N) is 4. The van der Waals surface area contributed by atoms with Crippen molar-refractivity contribution in [3.8, 4) is 28.5 Å². The third kappa shape index (κ3) is 3.09. The van der Waals surface area contributed by atoms with E-state index in [0.29, 0.717) is 15.7 Å². The maximum atomic E-state index is 13.4. The average Bonchev–Trinajstić information content (AvgIpc) is 2.66. The number of halogens is 3. The minimum atomic E-state index is -4.99. The molecule has 142 valence electrons. The number of aromatic nitrogens is 3. The summed E-state index contributed by atoms with van der Waals surface area (Å²) in [7, 11) is 0.994. The minimum absolute atomic E-state index is 0.156. The molecular weight excluding hydrogens is 373 g/mol. The molecule has 0 aliphatic heterocycles. The fourth-order valence-electron chi connectivity index (χ4n) is 2.96. The Morgan fingerprint density at radius 2 is 1.75 bits per heavy atom. The molecule has 0 saturated carbocycles. The van der Waals surface area contributed by atoms with Gasteiger partial charge in [0.25, 0.3) is 5.56 Å². The molecule has 0 fully saturated rings. The average molecular weight is 386 g/mol. The molecule has 6 nitrogen and oxygen atoms in total. The molecule has 2 heterocycles. The van der Waals surface area contributed by atoms with Gasteiger partial charge in [-0.1, -0.05) is 18.2 Å². The van der Waals surface area contributed by atoms with Crippen molar-refractivity contribution in [2.75, 3.05) is 0 Å². The van der Waals surface area contributed by atoms with Crippen LogP contribution in [-0.4, -0.2) is 14.1 Å². The topological polar surface area (TPSA) is 80.7 Å². The van der Waals surface area contributed by atoms with Crippen molar-refractivity contribution in [3.63, 3.8) is 0 Å². The van der Waals surface area contributed by atoms with Gasteiger partial charge in [0.05, 0.1) is 22.9 Å². The molecular formula is C19H13F3N4O2. The van der Waals surface area contributed by atoms with Crippen molar-refractivity contribution in [1.29, 1.82) is 5.26 Å². The fraction of sp³-hybridized carbons (Fsp3) is 0.158. The van der Waals surface area contributed by atoms with Crippen molar-refractivity contribution in [2.45, 2.75) is 13.2 Å². The van der Waals surface area contributed by atoms with Gasteiger partial charge < -0.3 is 0 Å². The first-order chi connectivity index (χ1) is 13.2. The molecule has 0 unspecified atom stereocenters. The van der Waals surface area contributed by atoms with Crippen molar-refractivity contribution in [1.82, 2.24) is 14.1 Å². The van der Waals surface area contributed by atoms with Gasteiger partial charge >= 0.3 is 12.0 Å². The Morgan fingerprint density at radius 1 is 1.11 bits per heavy atom. The largest absolute Gasteiger partial charge is 0.492 e. The summed E-state index contributed by atoms with van der Waals surface area (Å²) in [5, 5.41) is 8.92. The highest BCUT2D eigenvalue weighted by atomic mass is 19.4. The second-order valence-corrected chi connectivity index (χ2v) is 6.00. The Hall–Kier alpha value is -3.67. The Bertz CT molecular complexity index is 1220. The van der Waals surface area contributed by atoms with E-state index in [1.165, 1.54) is 30.5 Å². The molecule has 3 rings (SSSR count). The Balaban J connectivity index is 2.38. The zero-order chi connectivity index (χ0) is 20.6. The van der Waals surface area contributed by atoms with Crippen LogP contribution in [0.25, 0.3) is 22.4 Å². The number of rotatable bonds is 2. The van der Waals surface area contributed by atoms with Crippen LogP contribution in [0.15, 0.2) is 52.2 Å². The lowest BCUT2D eigenvalue weighted by Crippen LogP contribution is -2.44. The van der Waals surface area contributed by atoms with Crippen molar-refractivity contribution in [2.24, 2.45) is 7.05 Å². The molecule has 2 aromatic heterocycles. The van der Waals surface area contributed by atoms with Gasteiger partial charge in [-0.05, 0) is 25.1 Å². The molecule has 0 aliphatic carbocycles. The van der Waals surface area contributed by atoms with Gasteiger partial charge in [-0.3, -0.25) is 14.3 Å². The number of pyridine rings is 1. The first kappa shape index (κ1) is 19.1. The van der Waals surface area contributed by atoms with Crippen LogP contribution in [0.2, 0.25) is 0 Å². The smallest absolute Gasteiger partial charge is 0.268 e. The Labute approximate surface area is 156 Å².